The molecule has 0 saturated heterocycles. The van der Waals surface area contributed by atoms with Crippen LogP contribution in [-0.2, 0) is 9.47 Å². The van der Waals surface area contributed by atoms with Gasteiger partial charge in [-0.2, -0.15) is 5.01 Å². The molecular weight excluding hydrogens is 473 g/mol. The first-order valence-electron chi connectivity index (χ1n) is 9.73. The lowest BCUT2D eigenvalue weighted by Gasteiger charge is -2.26. The predicted molar refractivity (Wildman–Crippen MR) is 120 cm³/mol. The molecule has 0 spiro atoms. The van der Waals surface area contributed by atoms with Crippen molar-refractivity contribution in [2.45, 2.75) is 26.4 Å². The van der Waals surface area contributed by atoms with Crippen molar-refractivity contribution in [2.75, 3.05) is 19.2 Å². The second-order valence-electron chi connectivity index (χ2n) is 7.68. The molecule has 2 aromatic carbocycles. The van der Waals surface area contributed by atoms with Crippen LogP contribution in [0.5, 0.6) is 5.75 Å². The van der Waals surface area contributed by atoms with Crippen LogP contribution < -0.4 is 20.5 Å². The molecule has 0 saturated carbocycles. The average molecular weight is 496 g/mol. The van der Waals surface area contributed by atoms with Gasteiger partial charge in [-0.05, 0) is 51.1 Å². The third-order valence-corrected chi connectivity index (χ3v) is 4.38. The molecule has 182 valence electrons. The molecule has 10 nitrogen and oxygen atoms in total. The number of carbonyl (C=O) groups is 4. The molecule has 0 aliphatic heterocycles. The first-order valence-corrected chi connectivity index (χ1v) is 10.1. The Balaban J connectivity index is 2.45. The smallest absolute Gasteiger partial charge is 0.427 e. The van der Waals surface area contributed by atoms with Crippen LogP contribution in [-0.4, -0.2) is 43.8 Å². The van der Waals surface area contributed by atoms with Gasteiger partial charge in [-0.3, -0.25) is 10.1 Å². The lowest BCUT2D eigenvalue weighted by Crippen LogP contribution is -2.53. The fourth-order valence-corrected chi connectivity index (χ4v) is 2.91. The zero-order valence-corrected chi connectivity index (χ0v) is 19.8. The van der Waals surface area contributed by atoms with E-state index in [-0.39, 0.29) is 22.0 Å². The summed E-state index contributed by atoms with van der Waals surface area (Å²) in [6.07, 6.45) is -1.05. The third kappa shape index (κ3) is 6.58. The first kappa shape index (κ1) is 26.4. The van der Waals surface area contributed by atoms with Crippen molar-refractivity contribution in [1.82, 2.24) is 10.7 Å². The number of nitrogens with zero attached hydrogens (tertiary/aromatic N) is 1. The predicted octanol–water partition coefficient (Wildman–Crippen LogP) is 4.07. The van der Waals surface area contributed by atoms with Crippen LogP contribution in [0, 0.1) is 5.82 Å². The molecule has 0 aliphatic rings. The van der Waals surface area contributed by atoms with Crippen LogP contribution in [0.1, 0.15) is 41.5 Å². The molecule has 0 unspecified atom stereocenters. The van der Waals surface area contributed by atoms with E-state index < -0.39 is 41.0 Å². The normalized spacial score (nSPS) is 10.7. The Labute approximate surface area is 199 Å². The molecular formula is C22H23ClFN3O7. The van der Waals surface area contributed by atoms with E-state index in [0.717, 1.165) is 13.2 Å². The summed E-state index contributed by atoms with van der Waals surface area (Å²) in [6, 6.07) is 6.20. The van der Waals surface area contributed by atoms with E-state index >= 15 is 0 Å². The van der Waals surface area contributed by atoms with Crippen molar-refractivity contribution in [2.24, 2.45) is 0 Å². The van der Waals surface area contributed by atoms with E-state index in [1.165, 1.54) is 37.4 Å². The molecule has 0 aromatic heterocycles. The number of carbonyl (C=O) groups excluding carboxylic acids is 4. The molecule has 0 fully saturated rings. The summed E-state index contributed by atoms with van der Waals surface area (Å²) in [5.74, 6) is -2.78. The van der Waals surface area contributed by atoms with Gasteiger partial charge in [0.15, 0.2) is 0 Å². The minimum atomic E-state index is -1.20. The average Bonchev–Trinajstić information content (AvgIpc) is 2.75. The maximum Gasteiger partial charge on any atom is 0.427 e. The fourth-order valence-electron chi connectivity index (χ4n) is 2.66. The number of anilines is 1. The minimum Gasteiger partial charge on any atom is -0.496 e. The summed E-state index contributed by atoms with van der Waals surface area (Å²) in [6.45, 7) is 4.80. The lowest BCUT2D eigenvalue weighted by atomic mass is 10.1. The first-order chi connectivity index (χ1) is 15.9. The van der Waals surface area contributed by atoms with E-state index in [4.69, 9.17) is 25.8 Å². The van der Waals surface area contributed by atoms with Gasteiger partial charge in [-0.1, -0.05) is 17.7 Å². The van der Waals surface area contributed by atoms with E-state index in [9.17, 15) is 23.6 Å². The zero-order chi connectivity index (χ0) is 25.6. The maximum atomic E-state index is 14.1. The monoisotopic (exact) mass is 495 g/mol. The lowest BCUT2D eigenvalue weighted by molar-refractivity contribution is 0.0522. The summed E-state index contributed by atoms with van der Waals surface area (Å²) in [5, 5.41) is 2.32. The number of hydrogen-bond donors (Lipinski definition) is 2. The number of rotatable bonds is 4. The Bertz CT molecular complexity index is 1100. The fraction of sp³-hybridized carbons (Fsp3) is 0.273. The van der Waals surface area contributed by atoms with Crippen LogP contribution in [0.3, 0.4) is 0 Å². The van der Waals surface area contributed by atoms with Crippen LogP contribution in [0.25, 0.3) is 0 Å². The molecule has 34 heavy (non-hydrogen) atoms. The molecule has 0 aliphatic carbocycles. The number of urea groups is 1. The molecule has 0 bridgehead atoms. The Kier molecular flexibility index (Phi) is 8.41. The Morgan fingerprint density at radius 3 is 2.29 bits per heavy atom. The largest absolute Gasteiger partial charge is 0.496 e. The number of hydrazine groups is 1. The number of nitrogens with one attached hydrogen (secondary N) is 2. The number of halogens is 2. The van der Waals surface area contributed by atoms with Crippen LogP contribution in [0.4, 0.5) is 19.7 Å². The van der Waals surface area contributed by atoms with Crippen LogP contribution in [0.15, 0.2) is 36.4 Å². The second kappa shape index (κ2) is 10.8. The van der Waals surface area contributed by atoms with Crippen LogP contribution >= 0.6 is 11.6 Å². The van der Waals surface area contributed by atoms with E-state index in [2.05, 4.69) is 5.43 Å². The SMILES string of the molecule is COC(=O)c1cc(N(NC(=O)OC(C)(C)C)C(=O)NC(=O)c2c(F)cccc2Cl)ccc1OC. The molecule has 12 heteroatoms. The van der Waals surface area contributed by atoms with E-state index in [1.807, 2.05) is 5.32 Å². The highest BCUT2D eigenvalue weighted by Crippen LogP contribution is 2.26. The summed E-state index contributed by atoms with van der Waals surface area (Å²) < 4.78 is 29.1. The van der Waals surface area contributed by atoms with Crippen molar-refractivity contribution >= 4 is 41.3 Å². The topological polar surface area (TPSA) is 123 Å². The summed E-state index contributed by atoms with van der Waals surface area (Å²) in [7, 11) is 2.47. The van der Waals surface area contributed by atoms with Gasteiger partial charge in [0.1, 0.15) is 22.7 Å². The number of esters is 1. The number of imide groups is 1. The Morgan fingerprint density at radius 2 is 1.74 bits per heavy atom. The molecule has 0 heterocycles. The molecule has 2 aromatic rings. The van der Waals surface area contributed by atoms with E-state index in [0.29, 0.717) is 5.01 Å². The van der Waals surface area contributed by atoms with Crippen molar-refractivity contribution in [3.63, 3.8) is 0 Å². The summed E-state index contributed by atoms with van der Waals surface area (Å²) in [4.78, 5) is 50.0. The molecule has 0 radical (unpaired) electrons. The van der Waals surface area contributed by atoms with E-state index in [1.54, 1.807) is 20.8 Å². The van der Waals surface area contributed by atoms with Crippen LogP contribution in [0.2, 0.25) is 5.02 Å². The third-order valence-electron chi connectivity index (χ3n) is 4.06. The highest BCUT2D eigenvalue weighted by molar-refractivity contribution is 6.34. The molecule has 2 rings (SSSR count). The number of ether oxygens (including phenoxy) is 3. The Morgan fingerprint density at radius 1 is 1.06 bits per heavy atom. The standard InChI is InChI=1S/C22H23ClFN3O7/c1-22(2,3)34-21(31)26-27(12-9-10-16(32-4)13(11-12)19(29)33-5)20(30)25-18(28)17-14(23)7-6-8-15(17)24/h6-11H,1-5H3,(H,26,31)(H,25,28,30). The van der Waals surface area contributed by atoms with Crippen molar-refractivity contribution in [3.8, 4) is 5.75 Å². The van der Waals surface area contributed by atoms with Gasteiger partial charge in [0.25, 0.3) is 5.91 Å². The maximum absolute atomic E-state index is 14.1. The second-order valence-corrected chi connectivity index (χ2v) is 8.09. The van der Waals surface area contributed by atoms with Gasteiger partial charge in [0.2, 0.25) is 0 Å². The van der Waals surface area contributed by atoms with Crippen molar-refractivity contribution < 1.29 is 37.8 Å². The number of hydrogen-bond acceptors (Lipinski definition) is 7. The summed E-state index contributed by atoms with van der Waals surface area (Å²) in [5.41, 5.74) is 0.552. The molecule has 4 amide bonds. The quantitative estimate of drug-likeness (QED) is 0.484. The molecule has 2 N–H and O–H groups in total. The van der Waals surface area contributed by atoms with Gasteiger partial charge >= 0.3 is 18.1 Å². The minimum absolute atomic E-state index is 0.0722. The van der Waals surface area contributed by atoms with Crippen molar-refractivity contribution in [1.29, 1.82) is 0 Å². The number of benzene rings is 2. The summed E-state index contributed by atoms with van der Waals surface area (Å²) >= 11 is 5.89. The number of amides is 4. The van der Waals surface area contributed by atoms with Crippen molar-refractivity contribution in [3.05, 3.63) is 58.4 Å². The zero-order valence-electron chi connectivity index (χ0n) is 19.0. The van der Waals surface area contributed by atoms with Gasteiger partial charge in [0.05, 0.1) is 30.5 Å². The van der Waals surface area contributed by atoms with Gasteiger partial charge in [0, 0.05) is 0 Å². The molecule has 0 atom stereocenters. The van der Waals surface area contributed by atoms with Gasteiger partial charge in [-0.15, -0.1) is 0 Å². The van der Waals surface area contributed by atoms with Gasteiger partial charge < -0.3 is 14.2 Å². The highest BCUT2D eigenvalue weighted by Gasteiger charge is 2.27. The highest BCUT2D eigenvalue weighted by atomic mass is 35.5. The Hall–Kier alpha value is -3.86. The number of methoxy groups -OCH3 is 2. The van der Waals surface area contributed by atoms with Gasteiger partial charge in [-0.25, -0.2) is 24.2 Å².